The normalized spacial score (nSPS) is 12.8. The van der Waals surface area contributed by atoms with Crippen LogP contribution in [0.3, 0.4) is 0 Å². The molecule has 0 aliphatic rings. The molecule has 0 saturated heterocycles. The predicted molar refractivity (Wildman–Crippen MR) is 87.0 cm³/mol. The lowest BCUT2D eigenvalue weighted by atomic mass is 10.1. The number of hydrogen-bond acceptors (Lipinski definition) is 3. The molecular weight excluding hydrogens is 318 g/mol. The Morgan fingerprint density at radius 2 is 2.05 bits per heavy atom. The molecule has 0 aromatic carbocycles. The monoisotopic (exact) mass is 345 g/mol. The fourth-order valence-corrected chi connectivity index (χ4v) is 2.78. The van der Waals surface area contributed by atoms with Crippen LogP contribution >= 0.6 is 15.9 Å². The van der Waals surface area contributed by atoms with Crippen molar-refractivity contribution in [3.05, 3.63) is 16.4 Å². The van der Waals surface area contributed by atoms with E-state index in [1.54, 1.807) is 0 Å². The average molecular weight is 346 g/mol. The van der Waals surface area contributed by atoms with E-state index in [-0.39, 0.29) is 0 Å². The molecule has 0 spiro atoms. The van der Waals surface area contributed by atoms with E-state index in [0.717, 1.165) is 56.5 Å². The highest BCUT2D eigenvalue weighted by Crippen LogP contribution is 2.26. The predicted octanol–water partition coefficient (Wildman–Crippen LogP) is 3.91. The highest BCUT2D eigenvalue weighted by Gasteiger charge is 2.19. The molecule has 0 fully saturated rings. The zero-order valence-electron chi connectivity index (χ0n) is 13.0. The lowest BCUT2D eigenvalue weighted by molar-refractivity contribution is 0.123. The molecule has 0 saturated carbocycles. The summed E-state index contributed by atoms with van der Waals surface area (Å²) in [5.41, 5.74) is 1.25. The van der Waals surface area contributed by atoms with Crippen molar-refractivity contribution in [1.82, 2.24) is 15.1 Å². The molecule has 0 bridgehead atoms. The first-order valence-electron chi connectivity index (χ1n) is 7.76. The summed E-state index contributed by atoms with van der Waals surface area (Å²) in [4.78, 5) is 0. The van der Waals surface area contributed by atoms with Crippen LogP contribution in [-0.4, -0.2) is 29.5 Å². The van der Waals surface area contributed by atoms with Gasteiger partial charge in [-0.15, -0.1) is 0 Å². The summed E-state index contributed by atoms with van der Waals surface area (Å²) in [5.74, 6) is 0. The highest BCUT2D eigenvalue weighted by atomic mass is 79.9. The molecule has 5 heteroatoms. The van der Waals surface area contributed by atoms with E-state index in [9.17, 15) is 0 Å². The maximum absolute atomic E-state index is 5.65. The minimum atomic E-state index is 0.301. The van der Waals surface area contributed by atoms with Crippen molar-refractivity contribution in [2.45, 2.75) is 59.0 Å². The third-order valence-electron chi connectivity index (χ3n) is 3.14. The fourth-order valence-electron chi connectivity index (χ4n) is 2.21. The smallest absolute Gasteiger partial charge is 0.0696 e. The quantitative estimate of drug-likeness (QED) is 0.618. The van der Waals surface area contributed by atoms with E-state index in [0.29, 0.717) is 6.04 Å². The van der Waals surface area contributed by atoms with Gasteiger partial charge in [0, 0.05) is 19.8 Å². The van der Waals surface area contributed by atoms with Crippen molar-refractivity contribution in [3.8, 4) is 0 Å². The van der Waals surface area contributed by atoms with Gasteiger partial charge < -0.3 is 10.1 Å². The Balaban J connectivity index is 2.72. The number of rotatable bonds is 11. The first kappa shape index (κ1) is 17.7. The minimum absolute atomic E-state index is 0.301. The van der Waals surface area contributed by atoms with Crippen molar-refractivity contribution in [2.24, 2.45) is 0 Å². The summed E-state index contributed by atoms with van der Waals surface area (Å²) < 4.78 is 8.85. The number of aryl methyl sites for hydroxylation is 1. The Kier molecular flexibility index (Phi) is 9.14. The number of halogens is 1. The van der Waals surface area contributed by atoms with Crippen molar-refractivity contribution in [2.75, 3.05) is 19.8 Å². The Bertz CT molecular complexity index is 368. The van der Waals surface area contributed by atoms with Crippen LogP contribution in [0.1, 0.15) is 58.2 Å². The lowest BCUT2D eigenvalue weighted by Gasteiger charge is -2.20. The molecular formula is C15H28BrN3O. The maximum atomic E-state index is 5.65. The molecule has 1 N–H and O–H groups in total. The van der Waals surface area contributed by atoms with Gasteiger partial charge in [-0.05, 0) is 48.2 Å². The number of aromatic nitrogens is 2. The van der Waals surface area contributed by atoms with E-state index in [2.05, 4.69) is 51.8 Å². The zero-order valence-corrected chi connectivity index (χ0v) is 14.6. The van der Waals surface area contributed by atoms with Crippen LogP contribution in [0.4, 0.5) is 0 Å². The van der Waals surface area contributed by atoms with E-state index in [4.69, 9.17) is 4.74 Å². The molecule has 116 valence electrons. The maximum Gasteiger partial charge on any atom is 0.0696 e. The van der Waals surface area contributed by atoms with E-state index in [1.807, 2.05) is 6.20 Å². The molecule has 1 aromatic heterocycles. The summed E-state index contributed by atoms with van der Waals surface area (Å²) in [6.45, 7) is 10.1. The van der Waals surface area contributed by atoms with Crippen molar-refractivity contribution in [3.63, 3.8) is 0 Å². The molecule has 0 amide bonds. The summed E-state index contributed by atoms with van der Waals surface area (Å²) >= 11 is 3.64. The molecule has 1 atom stereocenters. The second kappa shape index (κ2) is 10.4. The van der Waals surface area contributed by atoms with Crippen molar-refractivity contribution >= 4 is 15.9 Å². The third-order valence-corrected chi connectivity index (χ3v) is 3.75. The fraction of sp³-hybridized carbons (Fsp3) is 0.800. The standard InChI is InChI=1S/C15H28BrN3O/c1-4-8-17-14(7-11-20-10-6-3)15-13(16)12-18-19(15)9-5-2/h12,14,17H,4-11H2,1-3H3. The summed E-state index contributed by atoms with van der Waals surface area (Å²) in [6, 6.07) is 0.301. The van der Waals surface area contributed by atoms with Gasteiger partial charge in [-0.25, -0.2) is 0 Å². The number of hydrogen-bond donors (Lipinski definition) is 1. The van der Waals surface area contributed by atoms with Crippen LogP contribution in [0.5, 0.6) is 0 Å². The Hall–Kier alpha value is -0.390. The van der Waals surface area contributed by atoms with Gasteiger partial charge >= 0.3 is 0 Å². The largest absolute Gasteiger partial charge is 0.381 e. The second-order valence-corrected chi connectivity index (χ2v) is 5.86. The van der Waals surface area contributed by atoms with Crippen LogP contribution in [0.2, 0.25) is 0 Å². The first-order valence-corrected chi connectivity index (χ1v) is 8.56. The van der Waals surface area contributed by atoms with Gasteiger partial charge in [0.05, 0.1) is 22.4 Å². The summed E-state index contributed by atoms with van der Waals surface area (Å²) in [7, 11) is 0. The Morgan fingerprint density at radius 1 is 1.25 bits per heavy atom. The molecule has 0 aliphatic carbocycles. The SMILES string of the molecule is CCCNC(CCOCCC)c1c(Br)cnn1CCC. The number of nitrogens with one attached hydrogen (secondary N) is 1. The van der Waals surface area contributed by atoms with Gasteiger partial charge in [0.2, 0.25) is 0 Å². The van der Waals surface area contributed by atoms with Gasteiger partial charge in [-0.2, -0.15) is 5.10 Å². The van der Waals surface area contributed by atoms with Gasteiger partial charge in [-0.3, -0.25) is 4.68 Å². The van der Waals surface area contributed by atoms with Gasteiger partial charge in [-0.1, -0.05) is 20.8 Å². The van der Waals surface area contributed by atoms with Gasteiger partial charge in [0.1, 0.15) is 0 Å². The number of ether oxygens (including phenoxy) is 1. The molecule has 0 radical (unpaired) electrons. The average Bonchev–Trinajstić information content (AvgIpc) is 2.80. The molecule has 1 heterocycles. The topological polar surface area (TPSA) is 39.1 Å². The van der Waals surface area contributed by atoms with Gasteiger partial charge in [0.15, 0.2) is 0 Å². The van der Waals surface area contributed by atoms with Crippen molar-refractivity contribution in [1.29, 1.82) is 0 Å². The van der Waals surface area contributed by atoms with Crippen LogP contribution in [0, 0.1) is 0 Å². The molecule has 1 aromatic rings. The second-order valence-electron chi connectivity index (χ2n) is 5.01. The zero-order chi connectivity index (χ0) is 14.8. The highest BCUT2D eigenvalue weighted by molar-refractivity contribution is 9.10. The number of nitrogens with zero attached hydrogens (tertiary/aromatic N) is 2. The molecule has 4 nitrogen and oxygen atoms in total. The van der Waals surface area contributed by atoms with E-state index in [1.165, 1.54) is 5.69 Å². The van der Waals surface area contributed by atoms with Crippen LogP contribution < -0.4 is 5.32 Å². The Labute approximate surface area is 131 Å². The molecule has 0 aliphatic heterocycles. The molecule has 1 rings (SSSR count). The van der Waals surface area contributed by atoms with E-state index < -0.39 is 0 Å². The van der Waals surface area contributed by atoms with Crippen LogP contribution in [0.15, 0.2) is 10.7 Å². The summed E-state index contributed by atoms with van der Waals surface area (Å²) in [5, 5.41) is 8.09. The molecule has 20 heavy (non-hydrogen) atoms. The minimum Gasteiger partial charge on any atom is -0.381 e. The lowest BCUT2D eigenvalue weighted by Crippen LogP contribution is -2.26. The third kappa shape index (κ3) is 5.54. The van der Waals surface area contributed by atoms with E-state index >= 15 is 0 Å². The van der Waals surface area contributed by atoms with Crippen LogP contribution in [0.25, 0.3) is 0 Å². The van der Waals surface area contributed by atoms with Gasteiger partial charge in [0.25, 0.3) is 0 Å². The Morgan fingerprint density at radius 3 is 2.70 bits per heavy atom. The molecule has 1 unspecified atom stereocenters. The van der Waals surface area contributed by atoms with Crippen LogP contribution in [-0.2, 0) is 11.3 Å². The van der Waals surface area contributed by atoms with Crippen molar-refractivity contribution < 1.29 is 4.74 Å². The summed E-state index contributed by atoms with van der Waals surface area (Å²) in [6.07, 6.45) is 6.18. The first-order chi connectivity index (χ1) is 9.74.